The van der Waals surface area contributed by atoms with Crippen molar-refractivity contribution in [1.29, 1.82) is 0 Å². The molecule has 1 heterocycles. The van der Waals surface area contributed by atoms with Gasteiger partial charge in [0.25, 0.3) is 0 Å². The minimum atomic E-state index is -3.44. The Morgan fingerprint density at radius 1 is 1.24 bits per heavy atom. The first-order chi connectivity index (χ1) is 9.93. The molecule has 1 fully saturated rings. The van der Waals surface area contributed by atoms with E-state index in [0.29, 0.717) is 32.0 Å². The first-order valence-corrected chi connectivity index (χ1v) is 8.44. The second-order valence-electron chi connectivity index (χ2n) is 5.12. The number of sulfone groups is 1. The molecule has 0 aliphatic carbocycles. The number of rotatable bonds is 3. The summed E-state index contributed by atoms with van der Waals surface area (Å²) in [5, 5.41) is 2.15. The van der Waals surface area contributed by atoms with E-state index in [0.717, 1.165) is 0 Å². The van der Waals surface area contributed by atoms with Gasteiger partial charge in [-0.25, -0.2) is 13.2 Å². The molecule has 1 aliphatic heterocycles. The molecule has 0 unspecified atom stereocenters. The van der Waals surface area contributed by atoms with Crippen LogP contribution in [0.3, 0.4) is 0 Å². The summed E-state index contributed by atoms with van der Waals surface area (Å²) in [6, 6.07) is 6.18. The molecule has 2 amide bonds. The van der Waals surface area contributed by atoms with Gasteiger partial charge in [-0.15, -0.1) is 0 Å². The lowest BCUT2D eigenvalue weighted by Crippen LogP contribution is -2.43. The Bertz CT molecular complexity index is 607. The lowest BCUT2D eigenvalue weighted by atomic mass is 10.3. The zero-order valence-corrected chi connectivity index (χ0v) is 13.0. The largest absolute Gasteiger partial charge is 0.378 e. The van der Waals surface area contributed by atoms with E-state index in [4.69, 9.17) is 4.74 Å². The fraction of sp³-hybridized carbons (Fsp3) is 0.500. The molecule has 0 saturated carbocycles. The summed E-state index contributed by atoms with van der Waals surface area (Å²) >= 11 is 0. The van der Waals surface area contributed by atoms with E-state index in [1.54, 1.807) is 36.9 Å². The summed E-state index contributed by atoms with van der Waals surface area (Å²) in [4.78, 5) is 13.9. The summed E-state index contributed by atoms with van der Waals surface area (Å²) in [6.45, 7) is 5.25. The van der Waals surface area contributed by atoms with E-state index in [1.165, 1.54) is 6.07 Å². The van der Waals surface area contributed by atoms with Gasteiger partial charge in [-0.2, -0.15) is 0 Å². The highest BCUT2D eigenvalue weighted by Gasteiger charge is 2.24. The predicted octanol–water partition coefficient (Wildman–Crippen LogP) is 1.73. The molecule has 0 aromatic heterocycles. The molecule has 0 atom stereocenters. The molecule has 1 aromatic carbocycles. The number of nitrogens with one attached hydrogen (secondary N) is 1. The van der Waals surface area contributed by atoms with E-state index in [2.05, 4.69) is 5.32 Å². The molecule has 0 radical (unpaired) electrons. The van der Waals surface area contributed by atoms with Crippen molar-refractivity contribution in [2.75, 3.05) is 31.6 Å². The minimum absolute atomic E-state index is 0.154. The minimum Gasteiger partial charge on any atom is -0.378 e. The fourth-order valence-corrected chi connectivity index (χ4v) is 3.23. The average molecular weight is 312 g/mol. The van der Waals surface area contributed by atoms with E-state index in [-0.39, 0.29) is 10.9 Å². The van der Waals surface area contributed by atoms with Gasteiger partial charge in [0.15, 0.2) is 9.84 Å². The van der Waals surface area contributed by atoms with Crippen LogP contribution in [0.2, 0.25) is 0 Å². The van der Waals surface area contributed by atoms with E-state index in [1.807, 2.05) is 0 Å². The van der Waals surface area contributed by atoms with Crippen molar-refractivity contribution >= 4 is 21.6 Å². The van der Waals surface area contributed by atoms with Crippen molar-refractivity contribution < 1.29 is 17.9 Å². The topological polar surface area (TPSA) is 75.7 Å². The fourth-order valence-electron chi connectivity index (χ4n) is 2.03. The molecule has 1 aliphatic rings. The SMILES string of the molecule is CC(C)S(=O)(=O)c1ccccc1NC(=O)N1CCOCC1. The van der Waals surface area contributed by atoms with E-state index >= 15 is 0 Å². The number of urea groups is 1. The van der Waals surface area contributed by atoms with Gasteiger partial charge in [0.2, 0.25) is 0 Å². The van der Waals surface area contributed by atoms with Crippen molar-refractivity contribution in [2.45, 2.75) is 24.0 Å². The summed E-state index contributed by atoms with van der Waals surface area (Å²) in [6.07, 6.45) is 0. The maximum absolute atomic E-state index is 12.3. The number of hydrogen-bond donors (Lipinski definition) is 1. The number of para-hydroxylation sites is 1. The number of benzene rings is 1. The Balaban J connectivity index is 2.23. The van der Waals surface area contributed by atoms with Gasteiger partial charge in [0.05, 0.1) is 29.0 Å². The lowest BCUT2D eigenvalue weighted by Gasteiger charge is -2.27. The maximum atomic E-state index is 12.3. The Morgan fingerprint density at radius 2 is 1.86 bits per heavy atom. The summed E-state index contributed by atoms with van der Waals surface area (Å²) < 4.78 is 29.8. The monoisotopic (exact) mass is 312 g/mol. The van der Waals surface area contributed by atoms with Crippen LogP contribution in [-0.2, 0) is 14.6 Å². The lowest BCUT2D eigenvalue weighted by molar-refractivity contribution is 0.0564. The van der Waals surface area contributed by atoms with Crippen LogP contribution in [0.15, 0.2) is 29.2 Å². The van der Waals surface area contributed by atoms with Gasteiger partial charge < -0.3 is 15.0 Å². The van der Waals surface area contributed by atoms with Crippen LogP contribution in [-0.4, -0.2) is 50.9 Å². The second-order valence-corrected chi connectivity index (χ2v) is 7.59. The van der Waals surface area contributed by atoms with Crippen molar-refractivity contribution in [3.05, 3.63) is 24.3 Å². The Hall–Kier alpha value is -1.60. The average Bonchev–Trinajstić information content (AvgIpc) is 2.48. The standard InChI is InChI=1S/C14H20N2O4S/c1-11(2)21(18,19)13-6-4-3-5-12(13)15-14(17)16-7-9-20-10-8-16/h3-6,11H,7-10H2,1-2H3,(H,15,17). The third-order valence-electron chi connectivity index (χ3n) is 3.35. The summed E-state index contributed by atoms with van der Waals surface area (Å²) in [5.41, 5.74) is 0.322. The highest BCUT2D eigenvalue weighted by molar-refractivity contribution is 7.92. The van der Waals surface area contributed by atoms with Gasteiger partial charge in [-0.05, 0) is 26.0 Å². The summed E-state index contributed by atoms with van der Waals surface area (Å²) in [5.74, 6) is 0. The molecule has 21 heavy (non-hydrogen) atoms. The van der Waals surface area contributed by atoms with Crippen LogP contribution < -0.4 is 5.32 Å². The molecule has 0 spiro atoms. The number of amides is 2. The van der Waals surface area contributed by atoms with Crippen molar-refractivity contribution in [1.82, 2.24) is 4.90 Å². The molecule has 7 heteroatoms. The number of hydrogen-bond acceptors (Lipinski definition) is 4. The van der Waals surface area contributed by atoms with E-state index in [9.17, 15) is 13.2 Å². The summed E-state index contributed by atoms with van der Waals surface area (Å²) in [7, 11) is -3.44. The highest BCUT2D eigenvalue weighted by Crippen LogP contribution is 2.25. The van der Waals surface area contributed by atoms with Gasteiger partial charge in [0.1, 0.15) is 0 Å². The van der Waals surface area contributed by atoms with Gasteiger partial charge in [-0.1, -0.05) is 12.1 Å². The molecule has 1 saturated heterocycles. The number of anilines is 1. The number of nitrogens with zero attached hydrogens (tertiary/aromatic N) is 1. The molecular weight excluding hydrogens is 292 g/mol. The van der Waals surface area contributed by atoms with Gasteiger partial charge in [-0.3, -0.25) is 0 Å². The first kappa shape index (κ1) is 15.8. The zero-order valence-electron chi connectivity index (χ0n) is 12.2. The quantitative estimate of drug-likeness (QED) is 0.922. The van der Waals surface area contributed by atoms with E-state index < -0.39 is 15.1 Å². The second kappa shape index (κ2) is 6.44. The Kier molecular flexibility index (Phi) is 4.84. The third kappa shape index (κ3) is 3.54. The molecule has 6 nitrogen and oxygen atoms in total. The number of carbonyl (C=O) groups is 1. The van der Waals surface area contributed by atoms with Crippen molar-refractivity contribution in [3.63, 3.8) is 0 Å². The molecule has 1 N–H and O–H groups in total. The van der Waals surface area contributed by atoms with Crippen molar-refractivity contribution in [3.8, 4) is 0 Å². The van der Waals surface area contributed by atoms with Gasteiger partial charge >= 0.3 is 6.03 Å². The first-order valence-electron chi connectivity index (χ1n) is 6.89. The van der Waals surface area contributed by atoms with Crippen LogP contribution in [0, 0.1) is 0 Å². The normalized spacial score (nSPS) is 16.0. The smallest absolute Gasteiger partial charge is 0.322 e. The number of ether oxygens (including phenoxy) is 1. The molecule has 1 aromatic rings. The number of carbonyl (C=O) groups excluding carboxylic acids is 1. The van der Waals surface area contributed by atoms with Crippen LogP contribution in [0.5, 0.6) is 0 Å². The molecular formula is C14H20N2O4S. The predicted molar refractivity (Wildman–Crippen MR) is 80.2 cm³/mol. The molecule has 0 bridgehead atoms. The van der Waals surface area contributed by atoms with Crippen LogP contribution >= 0.6 is 0 Å². The maximum Gasteiger partial charge on any atom is 0.322 e. The number of morpholine rings is 1. The zero-order chi connectivity index (χ0) is 15.5. The highest BCUT2D eigenvalue weighted by atomic mass is 32.2. The van der Waals surface area contributed by atoms with Gasteiger partial charge in [0, 0.05) is 13.1 Å². The third-order valence-corrected chi connectivity index (χ3v) is 5.56. The Morgan fingerprint density at radius 3 is 2.48 bits per heavy atom. The van der Waals surface area contributed by atoms with Crippen LogP contribution in [0.25, 0.3) is 0 Å². The molecule has 2 rings (SSSR count). The Labute approximate surface area is 125 Å². The van der Waals surface area contributed by atoms with Crippen molar-refractivity contribution in [2.24, 2.45) is 0 Å². The molecule has 116 valence electrons. The van der Waals surface area contributed by atoms with Crippen LogP contribution in [0.4, 0.5) is 10.5 Å². The van der Waals surface area contributed by atoms with Crippen LogP contribution in [0.1, 0.15) is 13.8 Å².